The molecule has 1 aromatic carbocycles. The Morgan fingerprint density at radius 3 is 2.89 bits per heavy atom. The maximum atomic E-state index is 5.38. The van der Waals surface area contributed by atoms with Gasteiger partial charge in [0.1, 0.15) is 5.82 Å². The van der Waals surface area contributed by atoms with E-state index in [4.69, 9.17) is 9.72 Å². The van der Waals surface area contributed by atoms with Crippen LogP contribution in [0.15, 0.2) is 12.1 Å². The van der Waals surface area contributed by atoms with Crippen LogP contribution in [0, 0.1) is 13.8 Å². The second kappa shape index (κ2) is 4.37. The predicted molar refractivity (Wildman–Crippen MR) is 71.7 cm³/mol. The van der Waals surface area contributed by atoms with E-state index >= 15 is 0 Å². The fourth-order valence-electron chi connectivity index (χ4n) is 2.59. The Labute approximate surface area is 107 Å². The number of hydrogen-bond donors (Lipinski definition) is 2. The van der Waals surface area contributed by atoms with Crippen LogP contribution in [0.4, 0.5) is 0 Å². The summed E-state index contributed by atoms with van der Waals surface area (Å²) in [4.78, 5) is 8.17. The number of rotatable bonds is 2. The summed E-state index contributed by atoms with van der Waals surface area (Å²) in [6, 6.07) is 4.53. The number of nitrogens with one attached hydrogen (secondary N) is 2. The van der Waals surface area contributed by atoms with Crippen molar-refractivity contribution < 1.29 is 4.74 Å². The maximum absolute atomic E-state index is 5.38. The van der Waals surface area contributed by atoms with Gasteiger partial charge in [-0.05, 0) is 37.5 Å². The van der Waals surface area contributed by atoms with Gasteiger partial charge in [0.15, 0.2) is 0 Å². The third kappa shape index (κ3) is 1.82. The van der Waals surface area contributed by atoms with Gasteiger partial charge in [-0.1, -0.05) is 6.07 Å². The first-order valence-electron chi connectivity index (χ1n) is 6.41. The topological polar surface area (TPSA) is 49.9 Å². The van der Waals surface area contributed by atoms with E-state index in [-0.39, 0.29) is 6.04 Å². The van der Waals surface area contributed by atoms with E-state index in [1.807, 2.05) is 0 Å². The highest BCUT2D eigenvalue weighted by molar-refractivity contribution is 5.79. The van der Waals surface area contributed by atoms with Gasteiger partial charge in [-0.25, -0.2) is 4.98 Å². The van der Waals surface area contributed by atoms with Crippen molar-refractivity contribution in [2.24, 2.45) is 0 Å². The second-order valence-electron chi connectivity index (χ2n) is 5.08. The number of aromatic nitrogens is 2. The quantitative estimate of drug-likeness (QED) is 0.853. The van der Waals surface area contributed by atoms with Gasteiger partial charge in [0.25, 0.3) is 0 Å². The first-order chi connectivity index (χ1) is 8.69. The summed E-state index contributed by atoms with van der Waals surface area (Å²) in [6.45, 7) is 5.15. The molecule has 0 aliphatic carbocycles. The van der Waals surface area contributed by atoms with Gasteiger partial charge in [0.05, 0.1) is 23.2 Å². The lowest BCUT2D eigenvalue weighted by Crippen LogP contribution is -2.16. The third-order valence-electron chi connectivity index (χ3n) is 3.95. The average Bonchev–Trinajstić information content (AvgIpc) is 2.99. The molecule has 4 nitrogen and oxygen atoms in total. The van der Waals surface area contributed by atoms with E-state index in [1.165, 1.54) is 11.1 Å². The van der Waals surface area contributed by atoms with Crippen molar-refractivity contribution in [3.8, 4) is 0 Å². The first-order valence-corrected chi connectivity index (χ1v) is 6.41. The molecule has 2 N–H and O–H groups in total. The number of fused-ring (bicyclic) bond motifs is 1. The van der Waals surface area contributed by atoms with E-state index in [2.05, 4.69) is 36.3 Å². The number of ether oxygens (including phenoxy) is 1. The molecule has 0 radical (unpaired) electrons. The standard InChI is InChI=1S/C14H19N3O/c1-8-4-5-11-13(9(8)2)17-14(16-11)12-6-10(18-3)7-15-12/h4-5,10,12,15H,6-7H2,1-3H3,(H,16,17). The number of H-pyrrole nitrogens is 1. The van der Waals surface area contributed by atoms with Crippen LogP contribution in [0.25, 0.3) is 11.0 Å². The zero-order chi connectivity index (χ0) is 12.7. The van der Waals surface area contributed by atoms with E-state index in [1.54, 1.807) is 7.11 Å². The minimum absolute atomic E-state index is 0.280. The number of aryl methyl sites for hydroxylation is 2. The lowest BCUT2D eigenvalue weighted by atomic mass is 10.1. The van der Waals surface area contributed by atoms with Gasteiger partial charge in [0.2, 0.25) is 0 Å². The Morgan fingerprint density at radius 1 is 1.33 bits per heavy atom. The van der Waals surface area contributed by atoms with Crippen LogP contribution in [-0.2, 0) is 4.74 Å². The van der Waals surface area contributed by atoms with Gasteiger partial charge >= 0.3 is 0 Å². The van der Waals surface area contributed by atoms with Crippen LogP contribution in [0.2, 0.25) is 0 Å². The number of nitrogens with zero attached hydrogens (tertiary/aromatic N) is 1. The normalized spacial score (nSPS) is 23.9. The molecular formula is C14H19N3O. The van der Waals surface area contributed by atoms with Gasteiger partial charge in [-0.15, -0.1) is 0 Å². The molecular weight excluding hydrogens is 226 g/mol. The molecule has 2 aromatic rings. The van der Waals surface area contributed by atoms with Crippen molar-refractivity contribution in [2.75, 3.05) is 13.7 Å². The number of aromatic amines is 1. The molecule has 0 saturated carbocycles. The third-order valence-corrected chi connectivity index (χ3v) is 3.95. The molecule has 0 spiro atoms. The fourth-order valence-corrected chi connectivity index (χ4v) is 2.59. The highest BCUT2D eigenvalue weighted by Gasteiger charge is 2.27. The highest BCUT2D eigenvalue weighted by Crippen LogP contribution is 2.26. The number of methoxy groups -OCH3 is 1. The summed E-state index contributed by atoms with van der Waals surface area (Å²) in [5.74, 6) is 1.03. The molecule has 1 fully saturated rings. The molecule has 1 saturated heterocycles. The van der Waals surface area contributed by atoms with Crippen molar-refractivity contribution in [1.82, 2.24) is 15.3 Å². The largest absolute Gasteiger partial charge is 0.380 e. The average molecular weight is 245 g/mol. The number of benzene rings is 1. The van der Waals surface area contributed by atoms with E-state index in [0.717, 1.165) is 29.8 Å². The van der Waals surface area contributed by atoms with Crippen LogP contribution in [-0.4, -0.2) is 29.7 Å². The summed E-state index contributed by atoms with van der Waals surface area (Å²) in [5, 5.41) is 3.45. The van der Waals surface area contributed by atoms with Crippen LogP contribution >= 0.6 is 0 Å². The van der Waals surface area contributed by atoms with Crippen molar-refractivity contribution in [1.29, 1.82) is 0 Å². The summed E-state index contributed by atoms with van der Waals surface area (Å²) in [7, 11) is 1.76. The van der Waals surface area contributed by atoms with Crippen LogP contribution in [0.5, 0.6) is 0 Å². The van der Waals surface area contributed by atoms with Gasteiger partial charge in [0, 0.05) is 13.7 Å². The van der Waals surface area contributed by atoms with Gasteiger partial charge in [-0.3, -0.25) is 0 Å². The minimum Gasteiger partial charge on any atom is -0.380 e. The first kappa shape index (κ1) is 11.7. The summed E-state index contributed by atoms with van der Waals surface area (Å²) >= 11 is 0. The maximum Gasteiger partial charge on any atom is 0.124 e. The smallest absolute Gasteiger partial charge is 0.124 e. The zero-order valence-electron chi connectivity index (χ0n) is 11.1. The molecule has 1 aromatic heterocycles. The summed E-state index contributed by atoms with van der Waals surface area (Å²) in [5.41, 5.74) is 4.76. The lowest BCUT2D eigenvalue weighted by molar-refractivity contribution is 0.117. The monoisotopic (exact) mass is 245 g/mol. The number of imidazole rings is 1. The Balaban J connectivity index is 1.97. The van der Waals surface area contributed by atoms with Crippen molar-refractivity contribution in [2.45, 2.75) is 32.4 Å². The molecule has 0 amide bonds. The molecule has 96 valence electrons. The molecule has 2 atom stereocenters. The zero-order valence-corrected chi connectivity index (χ0v) is 11.1. The van der Waals surface area contributed by atoms with E-state index < -0.39 is 0 Å². The molecule has 3 rings (SSSR count). The van der Waals surface area contributed by atoms with Gasteiger partial charge < -0.3 is 15.0 Å². The molecule has 1 aliphatic rings. The van der Waals surface area contributed by atoms with Crippen LogP contribution in [0.1, 0.15) is 29.4 Å². The molecule has 2 heterocycles. The Bertz CT molecular complexity index is 576. The molecule has 0 bridgehead atoms. The summed E-state index contributed by atoms with van der Waals surface area (Å²) in [6.07, 6.45) is 1.28. The Kier molecular flexibility index (Phi) is 2.84. The molecule has 18 heavy (non-hydrogen) atoms. The van der Waals surface area contributed by atoms with Crippen molar-refractivity contribution in [3.63, 3.8) is 0 Å². The molecule has 2 unspecified atom stereocenters. The Morgan fingerprint density at radius 2 is 2.17 bits per heavy atom. The van der Waals surface area contributed by atoms with Crippen molar-refractivity contribution in [3.05, 3.63) is 29.1 Å². The Hall–Kier alpha value is -1.39. The van der Waals surface area contributed by atoms with Gasteiger partial charge in [-0.2, -0.15) is 0 Å². The predicted octanol–water partition coefficient (Wildman–Crippen LogP) is 2.23. The van der Waals surface area contributed by atoms with Crippen LogP contribution in [0.3, 0.4) is 0 Å². The fraction of sp³-hybridized carbons (Fsp3) is 0.500. The molecule has 1 aliphatic heterocycles. The number of hydrogen-bond acceptors (Lipinski definition) is 3. The van der Waals surface area contributed by atoms with E-state index in [0.29, 0.717) is 6.10 Å². The second-order valence-corrected chi connectivity index (χ2v) is 5.08. The van der Waals surface area contributed by atoms with Crippen LogP contribution < -0.4 is 5.32 Å². The molecule has 4 heteroatoms. The lowest BCUT2D eigenvalue weighted by Gasteiger charge is -2.06. The SMILES string of the molecule is COC1CNC(c2nc3c(C)c(C)ccc3[nH]2)C1. The minimum atomic E-state index is 0.280. The summed E-state index contributed by atoms with van der Waals surface area (Å²) < 4.78 is 5.38. The highest BCUT2D eigenvalue weighted by atomic mass is 16.5. The van der Waals surface area contributed by atoms with E-state index in [9.17, 15) is 0 Å². The van der Waals surface area contributed by atoms with Crippen molar-refractivity contribution >= 4 is 11.0 Å².